The van der Waals surface area contributed by atoms with E-state index < -0.39 is 0 Å². The van der Waals surface area contributed by atoms with Crippen LogP contribution in [0.2, 0.25) is 0 Å². The monoisotopic (exact) mass is 146 g/mol. The van der Waals surface area contributed by atoms with Crippen molar-refractivity contribution < 1.29 is 4.79 Å². The van der Waals surface area contributed by atoms with Crippen LogP contribution in [0.1, 0.15) is 0 Å². The molecule has 0 saturated carbocycles. The van der Waals surface area contributed by atoms with Crippen LogP contribution in [-0.2, 0) is 4.79 Å². The van der Waals surface area contributed by atoms with Crippen LogP contribution in [0.15, 0.2) is 5.18 Å². The maximum atomic E-state index is 10.4. The Hall–Kier alpha value is -0.580. The van der Waals surface area contributed by atoms with E-state index in [2.05, 4.69) is 10.5 Å². The van der Waals surface area contributed by atoms with Crippen LogP contribution in [0, 0.1) is 4.91 Å². The molecular weight excluding hydrogens is 140 g/mol. The predicted octanol–water partition coefficient (Wildman–Crippen LogP) is -0.0581. The Morgan fingerprint density at radius 2 is 2.56 bits per heavy atom. The van der Waals surface area contributed by atoms with Gasteiger partial charge < -0.3 is 5.32 Å². The van der Waals surface area contributed by atoms with Gasteiger partial charge >= 0.3 is 0 Å². The van der Waals surface area contributed by atoms with E-state index in [4.69, 9.17) is 0 Å². The van der Waals surface area contributed by atoms with E-state index in [0.717, 1.165) is 0 Å². The van der Waals surface area contributed by atoms with E-state index in [1.165, 1.54) is 11.8 Å². The van der Waals surface area contributed by atoms with Crippen LogP contribution >= 0.6 is 11.8 Å². The molecule has 4 nitrogen and oxygen atoms in total. The lowest BCUT2D eigenvalue weighted by molar-refractivity contribution is -0.118. The van der Waals surface area contributed by atoms with Gasteiger partial charge in [0.2, 0.25) is 5.91 Å². The van der Waals surface area contributed by atoms with Crippen molar-refractivity contribution in [1.82, 2.24) is 5.32 Å². The van der Waals surface area contributed by atoms with Gasteiger partial charge in [0.25, 0.3) is 0 Å². The molecule has 1 rings (SSSR count). The van der Waals surface area contributed by atoms with E-state index in [1.807, 2.05) is 0 Å². The molecule has 50 valence electrons. The van der Waals surface area contributed by atoms with Gasteiger partial charge in [-0.2, -0.15) is 0 Å². The highest BCUT2D eigenvalue weighted by Gasteiger charge is 2.17. The lowest BCUT2D eigenvalue weighted by Crippen LogP contribution is -2.36. The van der Waals surface area contributed by atoms with E-state index in [1.54, 1.807) is 0 Å². The third-order valence-corrected chi connectivity index (χ3v) is 2.06. The first-order valence-corrected chi connectivity index (χ1v) is 3.58. The number of carbonyl (C=O) groups excluding carboxylic acids is 1. The molecule has 1 amide bonds. The highest BCUT2D eigenvalue weighted by Crippen LogP contribution is 2.13. The summed E-state index contributed by atoms with van der Waals surface area (Å²) in [6.07, 6.45) is 0. The second-order valence-electron chi connectivity index (χ2n) is 1.68. The Morgan fingerprint density at radius 1 is 1.78 bits per heavy atom. The molecule has 0 spiro atoms. The summed E-state index contributed by atoms with van der Waals surface area (Å²) in [4.78, 5) is 20.3. The molecule has 1 fully saturated rings. The molecule has 1 unspecified atom stereocenters. The standard InChI is InChI=1S/C4H6N2O2S/c7-3-2-9-4(6-8)1-5-3/h4H,1-2H2,(H,5,7). The fourth-order valence-electron chi connectivity index (χ4n) is 0.551. The molecule has 1 heterocycles. The summed E-state index contributed by atoms with van der Waals surface area (Å²) in [5.41, 5.74) is 0. The summed E-state index contributed by atoms with van der Waals surface area (Å²) in [6, 6.07) is 0. The van der Waals surface area contributed by atoms with E-state index >= 15 is 0 Å². The van der Waals surface area contributed by atoms with Gasteiger partial charge in [-0.1, -0.05) is 5.18 Å². The maximum absolute atomic E-state index is 10.4. The quantitative estimate of drug-likeness (QED) is 0.527. The highest BCUT2D eigenvalue weighted by atomic mass is 32.2. The zero-order valence-corrected chi connectivity index (χ0v) is 5.48. The smallest absolute Gasteiger partial charge is 0.230 e. The molecule has 1 aliphatic rings. The number of nitrogens with one attached hydrogen (secondary N) is 1. The van der Waals surface area contributed by atoms with Crippen molar-refractivity contribution in [2.45, 2.75) is 5.37 Å². The van der Waals surface area contributed by atoms with Crippen LogP contribution in [0.4, 0.5) is 0 Å². The molecule has 1 aliphatic heterocycles. The lowest BCUT2D eigenvalue weighted by atomic mass is 10.6. The third kappa shape index (κ3) is 1.67. The van der Waals surface area contributed by atoms with Gasteiger partial charge in [0.15, 0.2) is 5.37 Å². The minimum atomic E-state index is -0.275. The minimum Gasteiger partial charge on any atom is -0.352 e. The number of nitrogens with zero attached hydrogens (tertiary/aromatic N) is 1. The topological polar surface area (TPSA) is 58.5 Å². The first kappa shape index (κ1) is 6.54. The van der Waals surface area contributed by atoms with Gasteiger partial charge in [-0.15, -0.1) is 16.7 Å². The summed E-state index contributed by atoms with van der Waals surface area (Å²) in [5, 5.41) is 5.03. The number of amides is 1. The Balaban J connectivity index is 2.34. The van der Waals surface area contributed by atoms with Gasteiger partial charge in [0, 0.05) is 0 Å². The first-order chi connectivity index (χ1) is 4.33. The van der Waals surface area contributed by atoms with Crippen LogP contribution in [0.25, 0.3) is 0 Å². The molecule has 0 aromatic heterocycles. The van der Waals surface area contributed by atoms with Crippen molar-refractivity contribution in [2.24, 2.45) is 5.18 Å². The second kappa shape index (κ2) is 2.82. The first-order valence-electron chi connectivity index (χ1n) is 2.53. The average Bonchev–Trinajstić information content (AvgIpc) is 1.90. The average molecular weight is 146 g/mol. The van der Waals surface area contributed by atoms with Gasteiger partial charge in [0.1, 0.15) is 0 Å². The molecule has 0 bridgehead atoms. The number of rotatable bonds is 1. The fourth-order valence-corrected chi connectivity index (χ4v) is 1.26. The van der Waals surface area contributed by atoms with Crippen LogP contribution in [0.3, 0.4) is 0 Å². The minimum absolute atomic E-state index is 0.0140. The SMILES string of the molecule is O=NC1CNC(=O)CS1. The molecule has 0 aromatic carbocycles. The molecule has 1 atom stereocenters. The predicted molar refractivity (Wildman–Crippen MR) is 35.1 cm³/mol. The molecule has 0 radical (unpaired) electrons. The van der Waals surface area contributed by atoms with Crippen molar-refractivity contribution in [3.05, 3.63) is 4.91 Å². The highest BCUT2D eigenvalue weighted by molar-refractivity contribution is 8.00. The summed E-state index contributed by atoms with van der Waals surface area (Å²) in [7, 11) is 0. The summed E-state index contributed by atoms with van der Waals surface area (Å²) < 4.78 is 0. The zero-order chi connectivity index (χ0) is 6.69. The maximum Gasteiger partial charge on any atom is 0.230 e. The zero-order valence-electron chi connectivity index (χ0n) is 4.66. The number of hydrogen-bond donors (Lipinski definition) is 1. The van der Waals surface area contributed by atoms with Crippen molar-refractivity contribution in [1.29, 1.82) is 0 Å². The van der Waals surface area contributed by atoms with Crippen LogP contribution < -0.4 is 5.32 Å². The molecule has 1 N–H and O–H groups in total. The Bertz CT molecular complexity index is 129. The van der Waals surface area contributed by atoms with Gasteiger partial charge in [-0.3, -0.25) is 4.79 Å². The van der Waals surface area contributed by atoms with E-state index in [0.29, 0.717) is 12.3 Å². The molecule has 0 aromatic rings. The summed E-state index contributed by atoms with van der Waals surface area (Å²) in [6.45, 7) is 0.382. The van der Waals surface area contributed by atoms with Gasteiger partial charge in [-0.25, -0.2) is 0 Å². The molecule has 1 saturated heterocycles. The van der Waals surface area contributed by atoms with E-state index in [-0.39, 0.29) is 11.3 Å². The Labute approximate surface area is 56.4 Å². The van der Waals surface area contributed by atoms with E-state index in [9.17, 15) is 9.70 Å². The van der Waals surface area contributed by atoms with Gasteiger partial charge in [-0.05, 0) is 0 Å². The lowest BCUT2D eigenvalue weighted by Gasteiger charge is -2.14. The molecular formula is C4H6N2O2S. The van der Waals surface area contributed by atoms with Crippen LogP contribution in [0.5, 0.6) is 0 Å². The normalized spacial score (nSPS) is 27.1. The Morgan fingerprint density at radius 3 is 3.00 bits per heavy atom. The number of hydrogen-bond acceptors (Lipinski definition) is 4. The fraction of sp³-hybridized carbons (Fsp3) is 0.750. The van der Waals surface area contributed by atoms with Crippen molar-refractivity contribution in [3.8, 4) is 0 Å². The van der Waals surface area contributed by atoms with Crippen molar-refractivity contribution >= 4 is 17.7 Å². The second-order valence-corrected chi connectivity index (χ2v) is 2.84. The number of carbonyl (C=O) groups is 1. The molecule has 0 aliphatic carbocycles. The number of thioether (sulfide) groups is 1. The van der Waals surface area contributed by atoms with Gasteiger partial charge in [0.05, 0.1) is 12.3 Å². The number of nitroso groups, excluding NO2 is 1. The summed E-state index contributed by atoms with van der Waals surface area (Å²) >= 11 is 1.28. The third-order valence-electron chi connectivity index (χ3n) is 0.998. The molecule has 5 heteroatoms. The largest absolute Gasteiger partial charge is 0.352 e. The van der Waals surface area contributed by atoms with Crippen molar-refractivity contribution in [3.63, 3.8) is 0 Å². The Kier molecular flexibility index (Phi) is 2.05. The van der Waals surface area contributed by atoms with Crippen LogP contribution in [-0.4, -0.2) is 23.6 Å². The molecule has 9 heavy (non-hydrogen) atoms. The van der Waals surface area contributed by atoms with Crippen molar-refractivity contribution in [2.75, 3.05) is 12.3 Å². The summed E-state index contributed by atoms with van der Waals surface area (Å²) in [5.74, 6) is 0.344.